The van der Waals surface area contributed by atoms with Crippen molar-refractivity contribution in [2.75, 3.05) is 25.5 Å². The van der Waals surface area contributed by atoms with Crippen LogP contribution in [0.1, 0.15) is 31.1 Å². The van der Waals surface area contributed by atoms with E-state index < -0.39 is 22.7 Å². The smallest absolute Gasteiger partial charge is 0.271 e. The van der Waals surface area contributed by atoms with Crippen LogP contribution in [0.5, 0.6) is 11.5 Å². The Morgan fingerprint density at radius 1 is 1.23 bits per heavy atom. The van der Waals surface area contributed by atoms with Crippen molar-refractivity contribution in [2.24, 2.45) is 0 Å². The van der Waals surface area contributed by atoms with E-state index in [4.69, 9.17) is 26.2 Å². The molecule has 1 aromatic carbocycles. The molecule has 0 aliphatic heterocycles. The molecule has 0 amide bonds. The number of phenolic OH excluding ortho intramolecular Hbond substituents is 1. The molecular weight excluding hydrogens is 496 g/mol. The molecule has 3 N–H and O–H groups in total. The summed E-state index contributed by atoms with van der Waals surface area (Å²) < 4.78 is 28.7. The Labute approximate surface area is 211 Å². The lowest BCUT2D eigenvalue weighted by Crippen LogP contribution is -2.33. The highest BCUT2D eigenvalue weighted by atomic mass is 35.5. The molecule has 0 spiro atoms. The predicted octanol–water partition coefficient (Wildman–Crippen LogP) is 2.76. The summed E-state index contributed by atoms with van der Waals surface area (Å²) in [5, 5.41) is 27.8. The van der Waals surface area contributed by atoms with Gasteiger partial charge >= 0.3 is 0 Å². The zero-order valence-corrected chi connectivity index (χ0v) is 21.0. The highest BCUT2D eigenvalue weighted by molar-refractivity contribution is 7.93. The van der Waals surface area contributed by atoms with Gasteiger partial charge in [-0.2, -0.15) is 4.72 Å². The fourth-order valence-electron chi connectivity index (χ4n) is 3.30. The van der Waals surface area contributed by atoms with Gasteiger partial charge in [-0.1, -0.05) is 29.8 Å². The number of hydrogen-bond acceptors (Lipinski definition) is 10. The molecule has 188 valence electrons. The summed E-state index contributed by atoms with van der Waals surface area (Å²) in [6.07, 6.45) is 6.65. The van der Waals surface area contributed by atoms with Crippen LogP contribution in [-0.4, -0.2) is 65.6 Å². The van der Waals surface area contributed by atoms with Gasteiger partial charge in [0.25, 0.3) is 5.95 Å². The number of halogens is 1. The highest BCUT2D eigenvalue weighted by Gasteiger charge is 2.34. The third kappa shape index (κ3) is 6.41. The van der Waals surface area contributed by atoms with Crippen molar-refractivity contribution in [1.82, 2.24) is 24.7 Å². The molecule has 3 atom stereocenters. The van der Waals surface area contributed by atoms with Crippen LogP contribution in [0.2, 0.25) is 5.02 Å². The molecule has 35 heavy (non-hydrogen) atoms. The van der Waals surface area contributed by atoms with Crippen molar-refractivity contribution < 1.29 is 24.2 Å². The minimum atomic E-state index is -1.73. The van der Waals surface area contributed by atoms with Crippen LogP contribution in [-0.2, 0) is 22.5 Å². The molecule has 3 unspecified atom stereocenters. The molecule has 3 aromatic rings. The molecule has 0 bridgehead atoms. The van der Waals surface area contributed by atoms with Gasteiger partial charge in [-0.25, -0.2) is 9.97 Å². The van der Waals surface area contributed by atoms with Crippen LogP contribution < -0.4 is 9.46 Å². The van der Waals surface area contributed by atoms with Crippen LogP contribution in [0.15, 0.2) is 42.7 Å². The van der Waals surface area contributed by atoms with Gasteiger partial charge in [0.2, 0.25) is 0 Å². The van der Waals surface area contributed by atoms with Crippen molar-refractivity contribution >= 4 is 28.9 Å². The maximum atomic E-state index is 13.3. The minimum Gasteiger partial charge on any atom is -0.593 e. The van der Waals surface area contributed by atoms with Gasteiger partial charge in [-0.05, 0) is 25.5 Å². The first-order valence-electron chi connectivity index (χ1n) is 10.6. The van der Waals surface area contributed by atoms with Crippen LogP contribution >= 0.6 is 11.6 Å². The van der Waals surface area contributed by atoms with Crippen molar-refractivity contribution in [3.05, 3.63) is 59.4 Å². The van der Waals surface area contributed by atoms with Crippen molar-refractivity contribution in [1.29, 1.82) is 0 Å². The standard InChI is InChI=1S/C22H27ClN6O5S/c1-14(20(34-3)21-24-12-15(23)13-25-21)35(32)28-22-27-26-18(10-5-4-6-11-30)29(22)19-16(31)8-7-9-17(19)33-2/h4-5,7-9,12-14,20,30-31H,6,10-11H2,1-3H3,(H,27,28)/b5-4-. The number of aliphatic hydroxyl groups is 1. The lowest BCUT2D eigenvalue weighted by atomic mass is 10.2. The fourth-order valence-corrected chi connectivity index (χ4v) is 4.36. The van der Waals surface area contributed by atoms with Gasteiger partial charge in [0.05, 0.1) is 23.5 Å². The maximum Gasteiger partial charge on any atom is 0.271 e. The molecule has 3 rings (SSSR count). The molecule has 2 aromatic heterocycles. The molecule has 0 saturated carbocycles. The van der Waals surface area contributed by atoms with E-state index in [1.165, 1.54) is 32.7 Å². The zero-order valence-electron chi connectivity index (χ0n) is 19.5. The second-order valence-electron chi connectivity index (χ2n) is 7.31. The van der Waals surface area contributed by atoms with Crippen molar-refractivity contribution in [3.63, 3.8) is 0 Å². The summed E-state index contributed by atoms with van der Waals surface area (Å²) in [5.74, 6) is 1.22. The Morgan fingerprint density at radius 3 is 2.63 bits per heavy atom. The van der Waals surface area contributed by atoms with E-state index in [0.717, 1.165) is 0 Å². The number of aromatic nitrogens is 5. The van der Waals surface area contributed by atoms with Gasteiger partial charge in [-0.3, -0.25) is 4.57 Å². The van der Waals surface area contributed by atoms with Crippen molar-refractivity contribution in [3.8, 4) is 17.2 Å². The Balaban J connectivity index is 1.95. The number of anilines is 1. The van der Waals surface area contributed by atoms with Crippen LogP contribution in [0.4, 0.5) is 5.95 Å². The molecule has 11 nitrogen and oxygen atoms in total. The molecule has 0 aliphatic rings. The number of aromatic hydroxyl groups is 1. The summed E-state index contributed by atoms with van der Waals surface area (Å²) in [6, 6.07) is 4.83. The number of para-hydroxylation sites is 1. The molecule has 0 saturated heterocycles. The molecule has 0 fully saturated rings. The SMILES string of the molecule is COc1cccc(O)c1-n1c(C/C=C\CCO)nnc1N[S+]([O-])C(C)C(OC)c1ncc(Cl)cn1. The Hall–Kier alpha value is -2.90. The van der Waals surface area contributed by atoms with Gasteiger partial charge in [0.1, 0.15) is 23.0 Å². The van der Waals surface area contributed by atoms with Gasteiger partial charge < -0.3 is 24.2 Å². The van der Waals surface area contributed by atoms with E-state index in [2.05, 4.69) is 24.9 Å². The number of benzene rings is 1. The molecular formula is C22H27ClN6O5S. The van der Waals surface area contributed by atoms with Crippen molar-refractivity contribution in [2.45, 2.75) is 31.1 Å². The van der Waals surface area contributed by atoms with E-state index in [-0.39, 0.29) is 18.3 Å². The highest BCUT2D eigenvalue weighted by Crippen LogP contribution is 2.35. The summed E-state index contributed by atoms with van der Waals surface area (Å²) in [7, 11) is 2.95. The van der Waals surface area contributed by atoms with Crippen LogP contribution in [0.25, 0.3) is 5.69 Å². The number of phenols is 1. The largest absolute Gasteiger partial charge is 0.593 e. The second-order valence-corrected chi connectivity index (χ2v) is 9.29. The Kier molecular flexibility index (Phi) is 9.69. The fraction of sp³-hybridized carbons (Fsp3) is 0.364. The number of nitrogens with zero attached hydrogens (tertiary/aromatic N) is 5. The average molecular weight is 523 g/mol. The average Bonchev–Trinajstić information content (AvgIpc) is 3.24. The second kappa shape index (κ2) is 12.7. The van der Waals surface area contributed by atoms with E-state index >= 15 is 0 Å². The monoisotopic (exact) mass is 522 g/mol. The summed E-state index contributed by atoms with van der Waals surface area (Å²) >= 11 is 4.14. The Bertz CT molecular complexity index is 1130. The number of nitrogens with one attached hydrogen (secondary N) is 1. The quantitative estimate of drug-likeness (QED) is 0.239. The summed E-state index contributed by atoms with van der Waals surface area (Å²) in [6.45, 7) is 1.74. The molecule has 0 aliphatic carbocycles. The number of hydrogen-bond donors (Lipinski definition) is 3. The number of ether oxygens (including phenoxy) is 2. The number of rotatable bonds is 12. The lowest BCUT2D eigenvalue weighted by Gasteiger charge is -2.24. The van der Waals surface area contributed by atoms with Gasteiger partial charge in [0, 0.05) is 32.5 Å². The minimum absolute atomic E-state index is 0.0260. The topological polar surface area (TPSA) is 150 Å². The molecule has 13 heteroatoms. The lowest BCUT2D eigenvalue weighted by molar-refractivity contribution is 0.0950. The Morgan fingerprint density at radius 2 is 1.97 bits per heavy atom. The summed E-state index contributed by atoms with van der Waals surface area (Å²) in [5.41, 5.74) is 0.294. The first-order valence-corrected chi connectivity index (χ1v) is 12.2. The number of methoxy groups -OCH3 is 2. The number of allylic oxidation sites excluding steroid dienone is 1. The normalized spacial score (nSPS) is 14.1. The summed E-state index contributed by atoms with van der Waals surface area (Å²) in [4.78, 5) is 8.35. The maximum absolute atomic E-state index is 13.3. The van der Waals surface area contributed by atoms with Crippen LogP contribution in [0, 0.1) is 0 Å². The van der Waals surface area contributed by atoms with Crippen LogP contribution in [0.3, 0.4) is 0 Å². The third-order valence-corrected chi connectivity index (χ3v) is 6.52. The third-order valence-electron chi connectivity index (χ3n) is 5.02. The van der Waals surface area contributed by atoms with E-state index in [0.29, 0.717) is 40.9 Å². The number of aliphatic hydroxyl groups excluding tert-OH is 1. The first-order chi connectivity index (χ1) is 16.9. The van der Waals surface area contributed by atoms with E-state index in [1.54, 1.807) is 23.6 Å². The van der Waals surface area contributed by atoms with E-state index in [9.17, 15) is 9.66 Å². The molecule has 2 heterocycles. The van der Waals surface area contributed by atoms with Gasteiger partial charge in [0.15, 0.2) is 17.2 Å². The van der Waals surface area contributed by atoms with Gasteiger partial charge in [-0.15, -0.1) is 10.2 Å². The zero-order chi connectivity index (χ0) is 25.4. The predicted molar refractivity (Wildman–Crippen MR) is 132 cm³/mol. The first kappa shape index (κ1) is 26.7. The van der Waals surface area contributed by atoms with E-state index in [1.807, 2.05) is 12.2 Å². The molecule has 0 radical (unpaired) electrons.